The standard InChI is InChI=1S/C21H21ClN2O2/c1-13(2)17-11-15(14(3)9-20(17)26-4)10-16(12-23)21(25)24-19-8-6-5-7-18(19)22/h5-11,13H,1-4H3,(H,24,25)/b16-10+. The number of benzene rings is 2. The zero-order valence-electron chi connectivity index (χ0n) is 15.3. The first-order valence-electron chi connectivity index (χ1n) is 8.23. The van der Waals surface area contributed by atoms with E-state index in [1.54, 1.807) is 37.5 Å². The minimum absolute atomic E-state index is 0.00731. The second-order valence-electron chi connectivity index (χ2n) is 6.21. The van der Waals surface area contributed by atoms with Gasteiger partial charge in [0.1, 0.15) is 17.4 Å². The number of hydrogen-bond acceptors (Lipinski definition) is 3. The molecule has 0 heterocycles. The fourth-order valence-corrected chi connectivity index (χ4v) is 2.74. The van der Waals surface area contributed by atoms with Gasteiger partial charge in [-0.2, -0.15) is 5.26 Å². The average Bonchev–Trinajstić information content (AvgIpc) is 2.61. The van der Waals surface area contributed by atoms with Gasteiger partial charge < -0.3 is 10.1 Å². The van der Waals surface area contributed by atoms with E-state index < -0.39 is 5.91 Å². The zero-order valence-corrected chi connectivity index (χ0v) is 16.0. The number of amides is 1. The largest absolute Gasteiger partial charge is 0.496 e. The number of halogens is 1. The predicted molar refractivity (Wildman–Crippen MR) is 105 cm³/mol. The van der Waals surface area contributed by atoms with E-state index >= 15 is 0 Å². The van der Waals surface area contributed by atoms with Gasteiger partial charge in [0.25, 0.3) is 5.91 Å². The number of para-hydroxylation sites is 1. The molecule has 1 amide bonds. The van der Waals surface area contributed by atoms with Crippen LogP contribution in [0.2, 0.25) is 5.02 Å². The third kappa shape index (κ3) is 4.44. The lowest BCUT2D eigenvalue weighted by Crippen LogP contribution is -2.13. The van der Waals surface area contributed by atoms with Crippen LogP contribution in [0.25, 0.3) is 6.08 Å². The normalized spacial score (nSPS) is 11.2. The minimum Gasteiger partial charge on any atom is -0.496 e. The number of nitrogens with one attached hydrogen (secondary N) is 1. The Morgan fingerprint density at radius 3 is 2.58 bits per heavy atom. The molecule has 4 nitrogen and oxygen atoms in total. The predicted octanol–water partition coefficient (Wildman–Crippen LogP) is 5.33. The van der Waals surface area contributed by atoms with Crippen molar-refractivity contribution in [3.63, 3.8) is 0 Å². The fourth-order valence-electron chi connectivity index (χ4n) is 2.56. The lowest BCUT2D eigenvalue weighted by atomic mass is 9.95. The Labute approximate surface area is 159 Å². The summed E-state index contributed by atoms with van der Waals surface area (Å²) in [6.07, 6.45) is 1.59. The Hall–Kier alpha value is -2.77. The summed E-state index contributed by atoms with van der Waals surface area (Å²) in [7, 11) is 1.63. The van der Waals surface area contributed by atoms with E-state index in [2.05, 4.69) is 19.2 Å². The molecule has 2 aromatic rings. The summed E-state index contributed by atoms with van der Waals surface area (Å²) < 4.78 is 5.43. The highest BCUT2D eigenvalue weighted by molar-refractivity contribution is 6.34. The van der Waals surface area contributed by atoms with E-state index in [4.69, 9.17) is 16.3 Å². The number of anilines is 1. The maximum Gasteiger partial charge on any atom is 0.266 e. The van der Waals surface area contributed by atoms with Crippen molar-refractivity contribution in [1.82, 2.24) is 0 Å². The van der Waals surface area contributed by atoms with Crippen molar-refractivity contribution in [3.8, 4) is 11.8 Å². The first-order chi connectivity index (χ1) is 12.4. The van der Waals surface area contributed by atoms with Crippen LogP contribution >= 0.6 is 11.6 Å². The molecule has 0 unspecified atom stereocenters. The van der Waals surface area contributed by atoms with Gasteiger partial charge in [0.05, 0.1) is 17.8 Å². The Balaban J connectivity index is 2.39. The van der Waals surface area contributed by atoms with Gasteiger partial charge in [-0.05, 0) is 59.9 Å². The zero-order chi connectivity index (χ0) is 19.3. The first kappa shape index (κ1) is 19.6. The Kier molecular flexibility index (Phi) is 6.43. The summed E-state index contributed by atoms with van der Waals surface area (Å²) in [5.74, 6) is 0.552. The van der Waals surface area contributed by atoms with Gasteiger partial charge in [0.15, 0.2) is 0 Å². The van der Waals surface area contributed by atoms with E-state index in [1.165, 1.54) is 0 Å². The quantitative estimate of drug-likeness (QED) is 0.573. The van der Waals surface area contributed by atoms with Crippen molar-refractivity contribution in [1.29, 1.82) is 5.26 Å². The van der Waals surface area contributed by atoms with Crippen molar-refractivity contribution in [2.24, 2.45) is 0 Å². The summed E-state index contributed by atoms with van der Waals surface area (Å²) in [6.45, 7) is 6.05. The smallest absolute Gasteiger partial charge is 0.266 e. The molecule has 0 aliphatic rings. The molecule has 0 saturated heterocycles. The van der Waals surface area contributed by atoms with Gasteiger partial charge in [0, 0.05) is 0 Å². The molecule has 0 atom stereocenters. The lowest BCUT2D eigenvalue weighted by molar-refractivity contribution is -0.112. The highest BCUT2D eigenvalue weighted by Gasteiger charge is 2.14. The molecule has 134 valence electrons. The maximum atomic E-state index is 12.5. The number of aryl methyl sites for hydroxylation is 1. The van der Waals surface area contributed by atoms with Crippen LogP contribution in [0.1, 0.15) is 36.5 Å². The van der Waals surface area contributed by atoms with Crippen LogP contribution in [0.5, 0.6) is 5.75 Å². The minimum atomic E-state index is -0.498. The molecule has 0 aromatic heterocycles. The summed E-state index contributed by atoms with van der Waals surface area (Å²) >= 11 is 6.06. The third-order valence-corrected chi connectivity index (χ3v) is 4.36. The fraction of sp³-hybridized carbons (Fsp3) is 0.238. The molecule has 0 fully saturated rings. The van der Waals surface area contributed by atoms with E-state index in [9.17, 15) is 10.1 Å². The number of nitriles is 1. The van der Waals surface area contributed by atoms with Crippen LogP contribution in [0.3, 0.4) is 0 Å². The van der Waals surface area contributed by atoms with Crippen molar-refractivity contribution in [3.05, 3.63) is 63.7 Å². The van der Waals surface area contributed by atoms with Crippen LogP contribution in [-0.4, -0.2) is 13.0 Å². The Morgan fingerprint density at radius 1 is 1.31 bits per heavy atom. The highest BCUT2D eigenvalue weighted by Crippen LogP contribution is 2.30. The van der Waals surface area contributed by atoms with E-state index in [0.717, 1.165) is 22.4 Å². The number of carbonyl (C=O) groups excluding carboxylic acids is 1. The lowest BCUT2D eigenvalue weighted by Gasteiger charge is -2.15. The molecule has 0 radical (unpaired) electrons. The van der Waals surface area contributed by atoms with Crippen LogP contribution in [0.4, 0.5) is 5.69 Å². The number of ether oxygens (including phenoxy) is 1. The average molecular weight is 369 g/mol. The van der Waals surface area contributed by atoms with Crippen LogP contribution in [0, 0.1) is 18.3 Å². The second-order valence-corrected chi connectivity index (χ2v) is 6.62. The molecule has 1 N–H and O–H groups in total. The summed E-state index contributed by atoms with van der Waals surface area (Å²) in [5.41, 5.74) is 3.22. The number of carbonyl (C=O) groups is 1. The Bertz CT molecular complexity index is 895. The first-order valence-corrected chi connectivity index (χ1v) is 8.61. The summed E-state index contributed by atoms with van der Waals surface area (Å²) in [5, 5.41) is 12.5. The van der Waals surface area contributed by atoms with Gasteiger partial charge >= 0.3 is 0 Å². The van der Waals surface area contributed by atoms with Gasteiger partial charge in [-0.3, -0.25) is 4.79 Å². The van der Waals surface area contributed by atoms with Crippen molar-refractivity contribution >= 4 is 29.3 Å². The topological polar surface area (TPSA) is 62.1 Å². The van der Waals surface area contributed by atoms with Crippen molar-refractivity contribution in [2.45, 2.75) is 26.7 Å². The second kappa shape index (κ2) is 8.55. The number of methoxy groups -OCH3 is 1. The number of hydrogen-bond donors (Lipinski definition) is 1. The number of nitrogens with zero attached hydrogens (tertiary/aromatic N) is 1. The SMILES string of the molecule is COc1cc(C)c(/C=C(\C#N)C(=O)Nc2ccccc2Cl)cc1C(C)C. The molecule has 0 aliphatic carbocycles. The van der Waals surface area contributed by atoms with Crippen LogP contribution in [-0.2, 0) is 4.79 Å². The molecular formula is C21H21ClN2O2. The monoisotopic (exact) mass is 368 g/mol. The van der Waals surface area contributed by atoms with Gasteiger partial charge in [-0.1, -0.05) is 37.6 Å². The van der Waals surface area contributed by atoms with Gasteiger partial charge in [-0.25, -0.2) is 0 Å². The summed E-state index contributed by atoms with van der Waals surface area (Å²) in [4.78, 5) is 12.5. The van der Waals surface area contributed by atoms with Gasteiger partial charge in [-0.15, -0.1) is 0 Å². The summed E-state index contributed by atoms with van der Waals surface area (Å²) in [6, 6.07) is 12.7. The molecule has 2 aromatic carbocycles. The molecule has 0 saturated carbocycles. The van der Waals surface area contributed by atoms with E-state index in [-0.39, 0.29) is 11.5 Å². The molecule has 2 rings (SSSR count). The van der Waals surface area contributed by atoms with Gasteiger partial charge in [0.2, 0.25) is 0 Å². The highest BCUT2D eigenvalue weighted by atomic mass is 35.5. The maximum absolute atomic E-state index is 12.5. The molecule has 5 heteroatoms. The van der Waals surface area contributed by atoms with E-state index in [1.807, 2.05) is 25.1 Å². The van der Waals surface area contributed by atoms with Crippen molar-refractivity contribution < 1.29 is 9.53 Å². The third-order valence-electron chi connectivity index (χ3n) is 4.03. The molecule has 0 aliphatic heterocycles. The molecule has 0 spiro atoms. The number of rotatable bonds is 5. The van der Waals surface area contributed by atoms with E-state index in [0.29, 0.717) is 10.7 Å². The molecule has 0 bridgehead atoms. The van der Waals surface area contributed by atoms with Crippen molar-refractivity contribution in [2.75, 3.05) is 12.4 Å². The van der Waals surface area contributed by atoms with Crippen LogP contribution < -0.4 is 10.1 Å². The molecular weight excluding hydrogens is 348 g/mol. The Morgan fingerprint density at radius 2 is 2.00 bits per heavy atom. The molecule has 26 heavy (non-hydrogen) atoms. The van der Waals surface area contributed by atoms with Crippen LogP contribution in [0.15, 0.2) is 42.0 Å².